The molecule has 0 aromatic carbocycles. The summed E-state index contributed by atoms with van der Waals surface area (Å²) >= 11 is 56.4. The van der Waals surface area contributed by atoms with E-state index in [0.717, 1.165) is 0 Å². The molecule has 0 amide bonds. The zero-order chi connectivity index (χ0) is 14.1. The van der Waals surface area contributed by atoms with Crippen molar-refractivity contribution in [3.8, 4) is 0 Å². The van der Waals surface area contributed by atoms with Crippen molar-refractivity contribution in [2.45, 2.75) is 16.3 Å². The first-order valence-corrected chi connectivity index (χ1v) is 7.58. The van der Waals surface area contributed by atoms with Gasteiger partial charge in [0.05, 0.1) is 0 Å². The lowest BCUT2D eigenvalue weighted by Gasteiger charge is -2.31. The molecule has 0 aliphatic heterocycles. The lowest BCUT2D eigenvalue weighted by atomic mass is 10.4. The number of halogens is 10. The third-order valence-corrected chi connectivity index (χ3v) is 6.29. The Balaban J connectivity index is 4.36. The maximum atomic E-state index is 5.78. The molecule has 0 radical (unpaired) electrons. The van der Waals surface area contributed by atoms with Crippen LogP contribution in [0.25, 0.3) is 0 Å². The van der Waals surface area contributed by atoms with Gasteiger partial charge >= 0.3 is 0 Å². The van der Waals surface area contributed by atoms with Crippen LogP contribution in [0.4, 0.5) is 0 Å². The molecule has 104 valence electrons. The van der Waals surface area contributed by atoms with Gasteiger partial charge in [-0.15, -0.1) is 0 Å². The van der Waals surface area contributed by atoms with Crippen LogP contribution in [-0.2, 0) is 0 Å². The topological polar surface area (TPSA) is 12.0 Å². The summed E-state index contributed by atoms with van der Waals surface area (Å²) in [6.07, 6.45) is 0. The summed E-state index contributed by atoms with van der Waals surface area (Å²) in [6.45, 7) is -0.261. The van der Waals surface area contributed by atoms with Gasteiger partial charge in [0.2, 0.25) is 7.59 Å². The number of alkyl halides is 10. The van der Waals surface area contributed by atoms with E-state index in [4.69, 9.17) is 116 Å². The smallest absolute Gasteiger partial charge is 0.224 e. The zero-order valence-corrected chi connectivity index (χ0v) is 15.3. The first-order valence-electron chi connectivity index (χ1n) is 3.80. The number of hydrogen-bond acceptors (Lipinski definition) is 1. The van der Waals surface area contributed by atoms with Crippen LogP contribution in [0.1, 0.15) is 0 Å². The van der Waals surface area contributed by atoms with Gasteiger partial charge in [-0.3, -0.25) is 0 Å². The summed E-state index contributed by atoms with van der Waals surface area (Å²) in [5.41, 5.74) is 0. The highest BCUT2D eigenvalue weighted by atomic mass is 35.6. The van der Waals surface area contributed by atoms with E-state index in [1.807, 2.05) is 0 Å². The highest BCUT2D eigenvalue weighted by Crippen LogP contribution is 2.47. The molecule has 0 bridgehead atoms. The molecular weight excluding hydrogens is 441 g/mol. The molecular formula is C6H5Cl10N. The third-order valence-electron chi connectivity index (χ3n) is 1.52. The molecule has 0 heterocycles. The van der Waals surface area contributed by atoms with E-state index in [1.165, 1.54) is 0 Å². The minimum Gasteiger partial charge on any atom is -0.310 e. The molecule has 0 atom stereocenters. The lowest BCUT2D eigenvalue weighted by Crippen LogP contribution is -2.47. The third kappa shape index (κ3) is 6.44. The summed E-state index contributed by atoms with van der Waals surface area (Å²) in [7, 11) is 0. The minimum absolute atomic E-state index is 0.130. The lowest BCUT2D eigenvalue weighted by molar-refractivity contribution is 0.595. The molecule has 0 spiro atoms. The van der Waals surface area contributed by atoms with E-state index in [-0.39, 0.29) is 13.1 Å². The molecule has 1 nitrogen and oxygen atoms in total. The molecule has 0 saturated heterocycles. The first kappa shape index (κ1) is 19.9. The Morgan fingerprint density at radius 3 is 0.941 bits per heavy atom. The standard InChI is InChI=1S/C6H5Cl10N/c7-3(8,5(11,12)13)1-17-2-4(9,10)6(14,15)16/h17H,1-2H2. The van der Waals surface area contributed by atoms with Crippen LogP contribution >= 0.6 is 116 Å². The Bertz CT molecular complexity index is 225. The second-order valence-corrected chi connectivity index (χ2v) is 10.5. The minimum atomic E-state index is -1.90. The molecule has 0 aliphatic rings. The Kier molecular flexibility index (Phi) is 7.88. The average molecular weight is 446 g/mol. The van der Waals surface area contributed by atoms with Crippen LogP contribution in [0.5, 0.6) is 0 Å². The fourth-order valence-corrected chi connectivity index (χ4v) is 1.36. The van der Waals surface area contributed by atoms with E-state index < -0.39 is 16.3 Å². The van der Waals surface area contributed by atoms with E-state index >= 15 is 0 Å². The van der Waals surface area contributed by atoms with Gasteiger partial charge in [-0.25, -0.2) is 0 Å². The Morgan fingerprint density at radius 1 is 0.529 bits per heavy atom. The first-order chi connectivity index (χ1) is 7.21. The predicted octanol–water partition coefficient (Wildman–Crippen LogP) is 5.66. The van der Waals surface area contributed by atoms with E-state index in [1.54, 1.807) is 0 Å². The van der Waals surface area contributed by atoms with Gasteiger partial charge in [-0.05, 0) is 0 Å². The van der Waals surface area contributed by atoms with Gasteiger partial charge in [0.25, 0.3) is 0 Å². The molecule has 11 heteroatoms. The van der Waals surface area contributed by atoms with Gasteiger partial charge in [0.15, 0.2) is 8.67 Å². The molecule has 17 heavy (non-hydrogen) atoms. The molecule has 0 rings (SSSR count). The van der Waals surface area contributed by atoms with Crippen molar-refractivity contribution in [1.82, 2.24) is 5.32 Å². The quantitative estimate of drug-likeness (QED) is 0.550. The van der Waals surface area contributed by atoms with Gasteiger partial charge in [-0.2, -0.15) is 0 Å². The van der Waals surface area contributed by atoms with Crippen LogP contribution < -0.4 is 5.32 Å². The van der Waals surface area contributed by atoms with E-state index in [9.17, 15) is 0 Å². The van der Waals surface area contributed by atoms with Crippen molar-refractivity contribution in [1.29, 1.82) is 0 Å². The van der Waals surface area contributed by atoms with Gasteiger partial charge in [0, 0.05) is 13.1 Å². The molecule has 0 saturated carbocycles. The number of rotatable bonds is 4. The van der Waals surface area contributed by atoms with Crippen LogP contribution in [0.2, 0.25) is 0 Å². The summed E-state index contributed by atoms with van der Waals surface area (Å²) in [4.78, 5) is 0. The van der Waals surface area contributed by atoms with Crippen LogP contribution in [0.15, 0.2) is 0 Å². The van der Waals surface area contributed by atoms with E-state index in [2.05, 4.69) is 5.32 Å². The SMILES string of the molecule is ClC(Cl)(Cl)C(Cl)(Cl)CNCC(Cl)(Cl)C(Cl)(Cl)Cl. The Hall–Kier alpha value is 2.86. The van der Waals surface area contributed by atoms with Crippen molar-refractivity contribution < 1.29 is 0 Å². The van der Waals surface area contributed by atoms with Gasteiger partial charge in [0.1, 0.15) is 0 Å². The number of nitrogens with one attached hydrogen (secondary N) is 1. The summed E-state index contributed by atoms with van der Waals surface area (Å²) < 4.78 is -7.17. The largest absolute Gasteiger partial charge is 0.310 e. The Labute approximate surface area is 149 Å². The molecule has 0 aromatic heterocycles. The summed E-state index contributed by atoms with van der Waals surface area (Å²) in [5, 5.41) is 2.64. The van der Waals surface area contributed by atoms with Crippen LogP contribution in [0, 0.1) is 0 Å². The zero-order valence-electron chi connectivity index (χ0n) is 7.69. The monoisotopic (exact) mass is 441 g/mol. The van der Waals surface area contributed by atoms with Crippen molar-refractivity contribution in [3.05, 3.63) is 0 Å². The molecule has 0 fully saturated rings. The van der Waals surface area contributed by atoms with Gasteiger partial charge in [-0.1, -0.05) is 116 Å². The highest BCUT2D eigenvalue weighted by Gasteiger charge is 2.48. The second kappa shape index (κ2) is 6.75. The number of hydrogen-bond donors (Lipinski definition) is 1. The van der Waals surface area contributed by atoms with Crippen LogP contribution in [-0.4, -0.2) is 29.3 Å². The molecule has 0 aromatic rings. The van der Waals surface area contributed by atoms with Crippen molar-refractivity contribution in [3.63, 3.8) is 0 Å². The predicted molar refractivity (Wildman–Crippen MR) is 82.3 cm³/mol. The van der Waals surface area contributed by atoms with Crippen molar-refractivity contribution >= 4 is 116 Å². The van der Waals surface area contributed by atoms with E-state index in [0.29, 0.717) is 0 Å². The summed E-state index contributed by atoms with van der Waals surface area (Å²) in [6, 6.07) is 0. The van der Waals surface area contributed by atoms with Crippen molar-refractivity contribution in [2.24, 2.45) is 0 Å². The molecule has 0 aliphatic carbocycles. The normalized spacial score (nSPS) is 15.2. The van der Waals surface area contributed by atoms with Crippen molar-refractivity contribution in [2.75, 3.05) is 13.1 Å². The Morgan fingerprint density at radius 2 is 0.765 bits per heavy atom. The maximum Gasteiger partial charge on any atom is 0.224 e. The fraction of sp³-hybridized carbons (Fsp3) is 1.00. The highest BCUT2D eigenvalue weighted by molar-refractivity contribution is 6.76. The fourth-order valence-electron chi connectivity index (χ4n) is 0.577. The summed E-state index contributed by atoms with van der Waals surface area (Å²) in [5.74, 6) is 0. The molecule has 0 unspecified atom stereocenters. The maximum absolute atomic E-state index is 5.78. The van der Waals surface area contributed by atoms with Crippen LogP contribution in [0.3, 0.4) is 0 Å². The molecule has 1 N–H and O–H groups in total. The average Bonchev–Trinajstić information content (AvgIpc) is 1.98. The van der Waals surface area contributed by atoms with Gasteiger partial charge < -0.3 is 5.32 Å². The second-order valence-electron chi connectivity index (χ2n) is 3.01.